The molecule has 0 fully saturated rings. The average molecular weight is 426 g/mol. The van der Waals surface area contributed by atoms with Crippen LogP contribution in [0.3, 0.4) is 0 Å². The third kappa shape index (κ3) is 4.69. The number of non-ortho nitro benzene ring substituents is 1. The summed E-state index contributed by atoms with van der Waals surface area (Å²) < 4.78 is 57.7. The number of anilines is 1. The van der Waals surface area contributed by atoms with Crippen LogP contribution < -0.4 is 10.1 Å². The lowest BCUT2D eigenvalue weighted by atomic mass is 10.2. The molecular formula is C18H10F4N2O4S. The van der Waals surface area contributed by atoms with E-state index in [1.807, 2.05) is 0 Å². The summed E-state index contributed by atoms with van der Waals surface area (Å²) in [4.78, 5) is 22.3. The number of rotatable bonds is 5. The molecule has 1 amide bonds. The highest BCUT2D eigenvalue weighted by molar-refractivity contribution is 7.12. The normalized spacial score (nSPS) is 11.2. The van der Waals surface area contributed by atoms with Crippen LogP contribution in [-0.2, 0) is 6.18 Å². The Bertz CT molecular complexity index is 1080. The van der Waals surface area contributed by atoms with Crippen molar-refractivity contribution in [2.75, 3.05) is 5.32 Å². The second-order valence-corrected chi connectivity index (χ2v) is 6.54. The van der Waals surface area contributed by atoms with Crippen LogP contribution in [0.2, 0.25) is 0 Å². The Balaban J connectivity index is 1.80. The highest BCUT2D eigenvalue weighted by atomic mass is 32.1. The van der Waals surface area contributed by atoms with Crippen molar-refractivity contribution in [1.82, 2.24) is 0 Å². The van der Waals surface area contributed by atoms with Crippen LogP contribution in [0.5, 0.6) is 11.5 Å². The van der Waals surface area contributed by atoms with E-state index in [1.54, 1.807) is 0 Å². The Hall–Kier alpha value is -3.47. The molecule has 0 aliphatic rings. The topological polar surface area (TPSA) is 81.5 Å². The van der Waals surface area contributed by atoms with Crippen molar-refractivity contribution < 1.29 is 32.0 Å². The monoisotopic (exact) mass is 426 g/mol. The first kappa shape index (κ1) is 20.3. The number of amides is 1. The highest BCUT2D eigenvalue weighted by Gasteiger charge is 2.30. The van der Waals surface area contributed by atoms with Gasteiger partial charge in [-0.1, -0.05) is 6.07 Å². The van der Waals surface area contributed by atoms with Gasteiger partial charge in [0.2, 0.25) is 0 Å². The molecule has 0 aliphatic heterocycles. The maximum absolute atomic E-state index is 14.0. The minimum atomic E-state index is -4.56. The van der Waals surface area contributed by atoms with Gasteiger partial charge in [-0.3, -0.25) is 14.9 Å². The third-order valence-electron chi connectivity index (χ3n) is 3.63. The summed E-state index contributed by atoms with van der Waals surface area (Å²) in [5.41, 5.74) is -1.47. The summed E-state index contributed by atoms with van der Waals surface area (Å²) in [6.45, 7) is 0. The summed E-state index contributed by atoms with van der Waals surface area (Å²) >= 11 is 0.930. The van der Waals surface area contributed by atoms with Crippen molar-refractivity contribution in [3.8, 4) is 11.5 Å². The number of carbonyl (C=O) groups is 1. The van der Waals surface area contributed by atoms with Crippen molar-refractivity contribution in [3.63, 3.8) is 0 Å². The molecule has 0 spiro atoms. The van der Waals surface area contributed by atoms with E-state index in [4.69, 9.17) is 4.74 Å². The molecule has 0 aliphatic carbocycles. The van der Waals surface area contributed by atoms with Gasteiger partial charge in [0.05, 0.1) is 16.6 Å². The molecule has 0 radical (unpaired) electrons. The van der Waals surface area contributed by atoms with Gasteiger partial charge in [0.25, 0.3) is 11.6 Å². The van der Waals surface area contributed by atoms with Gasteiger partial charge in [-0.25, -0.2) is 4.39 Å². The van der Waals surface area contributed by atoms with Gasteiger partial charge in [0, 0.05) is 11.8 Å². The fourth-order valence-electron chi connectivity index (χ4n) is 2.31. The Morgan fingerprint density at radius 1 is 1.10 bits per heavy atom. The molecule has 3 aromatic rings. The number of thiophene rings is 1. The molecule has 1 N–H and O–H groups in total. The van der Waals surface area contributed by atoms with Crippen LogP contribution in [0.25, 0.3) is 0 Å². The standard InChI is InChI=1S/C18H10F4N2O4S/c19-13-9-12(24(26)27)4-5-14(13)28-15-6-7-29-16(15)17(25)23-11-3-1-2-10(8-11)18(20,21)22/h1-9H,(H,23,25). The highest BCUT2D eigenvalue weighted by Crippen LogP contribution is 2.34. The Kier molecular flexibility index (Phi) is 5.50. The SMILES string of the molecule is O=C(Nc1cccc(C(F)(F)F)c1)c1sccc1Oc1ccc([N+](=O)[O-])cc1F. The largest absolute Gasteiger partial charge is 0.453 e. The van der Waals surface area contributed by atoms with Crippen LogP contribution >= 0.6 is 11.3 Å². The number of nitro groups is 1. The maximum Gasteiger partial charge on any atom is 0.416 e. The van der Waals surface area contributed by atoms with E-state index in [0.29, 0.717) is 6.07 Å². The van der Waals surface area contributed by atoms with Gasteiger partial charge in [0.1, 0.15) is 4.88 Å². The first-order valence-electron chi connectivity index (χ1n) is 7.83. The van der Waals surface area contributed by atoms with Gasteiger partial charge in [-0.05, 0) is 35.7 Å². The average Bonchev–Trinajstić information content (AvgIpc) is 3.11. The molecule has 150 valence electrons. The molecule has 1 aromatic heterocycles. The molecular weight excluding hydrogens is 416 g/mol. The Morgan fingerprint density at radius 3 is 2.52 bits per heavy atom. The smallest absolute Gasteiger partial charge is 0.416 e. The number of nitrogens with one attached hydrogen (secondary N) is 1. The van der Waals surface area contributed by atoms with Crippen LogP contribution in [0.4, 0.5) is 28.9 Å². The molecule has 11 heteroatoms. The molecule has 1 heterocycles. The van der Waals surface area contributed by atoms with E-state index < -0.39 is 34.1 Å². The molecule has 0 unspecified atom stereocenters. The van der Waals surface area contributed by atoms with Crippen LogP contribution in [0.15, 0.2) is 53.9 Å². The maximum atomic E-state index is 14.0. The number of carbonyl (C=O) groups excluding carboxylic acids is 1. The minimum absolute atomic E-state index is 0.0137. The van der Waals surface area contributed by atoms with Gasteiger partial charge in [0.15, 0.2) is 17.3 Å². The number of alkyl halides is 3. The molecule has 3 rings (SSSR count). The van der Waals surface area contributed by atoms with E-state index in [0.717, 1.165) is 41.7 Å². The number of hydrogen-bond acceptors (Lipinski definition) is 5. The summed E-state index contributed by atoms with van der Waals surface area (Å²) in [5.74, 6) is -2.15. The number of nitrogens with zero attached hydrogens (tertiary/aromatic N) is 1. The number of ether oxygens (including phenoxy) is 1. The van der Waals surface area contributed by atoms with Crippen molar-refractivity contribution in [3.05, 3.63) is 80.3 Å². The van der Waals surface area contributed by atoms with Crippen molar-refractivity contribution in [1.29, 1.82) is 0 Å². The van der Waals surface area contributed by atoms with Crippen LogP contribution in [-0.4, -0.2) is 10.8 Å². The van der Waals surface area contributed by atoms with Crippen molar-refractivity contribution in [2.24, 2.45) is 0 Å². The zero-order valence-corrected chi connectivity index (χ0v) is 15.0. The lowest BCUT2D eigenvalue weighted by Gasteiger charge is -2.11. The van der Waals surface area contributed by atoms with E-state index in [9.17, 15) is 32.5 Å². The number of nitro benzene ring substituents is 1. The lowest BCUT2D eigenvalue weighted by Crippen LogP contribution is -2.12. The quantitative estimate of drug-likeness (QED) is 0.315. The summed E-state index contributed by atoms with van der Waals surface area (Å²) in [6.07, 6.45) is -4.56. The molecule has 29 heavy (non-hydrogen) atoms. The van der Waals surface area contributed by atoms with E-state index in [1.165, 1.54) is 17.5 Å². The fourth-order valence-corrected chi connectivity index (χ4v) is 3.02. The first-order chi connectivity index (χ1) is 13.6. The van der Waals surface area contributed by atoms with Crippen molar-refractivity contribution >= 4 is 28.6 Å². The van der Waals surface area contributed by atoms with E-state index in [-0.39, 0.29) is 22.1 Å². The van der Waals surface area contributed by atoms with Gasteiger partial charge in [-0.2, -0.15) is 13.2 Å². The van der Waals surface area contributed by atoms with Gasteiger partial charge in [-0.15, -0.1) is 11.3 Å². The van der Waals surface area contributed by atoms with E-state index >= 15 is 0 Å². The summed E-state index contributed by atoms with van der Waals surface area (Å²) in [7, 11) is 0. The molecule has 6 nitrogen and oxygen atoms in total. The zero-order chi connectivity index (χ0) is 21.2. The van der Waals surface area contributed by atoms with Crippen LogP contribution in [0, 0.1) is 15.9 Å². The second-order valence-electron chi connectivity index (χ2n) is 5.62. The summed E-state index contributed by atoms with van der Waals surface area (Å²) in [6, 6.07) is 8.20. The zero-order valence-electron chi connectivity index (χ0n) is 14.2. The lowest BCUT2D eigenvalue weighted by molar-refractivity contribution is -0.385. The number of halogens is 4. The summed E-state index contributed by atoms with van der Waals surface area (Å²) in [5, 5.41) is 14.5. The Morgan fingerprint density at radius 2 is 1.86 bits per heavy atom. The molecule has 0 saturated carbocycles. The first-order valence-corrected chi connectivity index (χ1v) is 8.71. The molecule has 0 atom stereocenters. The third-order valence-corrected chi connectivity index (χ3v) is 4.52. The molecule has 0 bridgehead atoms. The number of hydrogen-bond donors (Lipinski definition) is 1. The number of benzene rings is 2. The van der Waals surface area contributed by atoms with E-state index in [2.05, 4.69) is 5.32 Å². The minimum Gasteiger partial charge on any atom is -0.453 e. The van der Waals surface area contributed by atoms with Crippen LogP contribution in [0.1, 0.15) is 15.2 Å². The molecule has 2 aromatic carbocycles. The fraction of sp³-hybridized carbons (Fsp3) is 0.0556. The predicted molar refractivity (Wildman–Crippen MR) is 96.8 cm³/mol. The van der Waals surface area contributed by atoms with Crippen molar-refractivity contribution in [2.45, 2.75) is 6.18 Å². The van der Waals surface area contributed by atoms with Gasteiger partial charge >= 0.3 is 6.18 Å². The molecule has 0 saturated heterocycles. The Labute approximate surface area is 164 Å². The predicted octanol–water partition coefficient (Wildman–Crippen LogP) is 5.86. The second kappa shape index (κ2) is 7.87. The van der Waals surface area contributed by atoms with Gasteiger partial charge < -0.3 is 10.1 Å².